The first-order valence-corrected chi connectivity index (χ1v) is 37.0. The number of fused-ring (bicyclic) bond motifs is 2. The topological polar surface area (TPSA) is 0 Å². The van der Waals surface area contributed by atoms with Crippen LogP contribution in [0.3, 0.4) is 0 Å². The maximum Gasteiger partial charge on any atom is -0.147 e. The first-order valence-electron chi connectivity index (χ1n) is 23.4. The Hall–Kier alpha value is -1.96. The van der Waals surface area contributed by atoms with Crippen molar-refractivity contribution in [2.75, 3.05) is 0 Å². The molecule has 322 valence electrons. The van der Waals surface area contributed by atoms with Crippen molar-refractivity contribution in [1.82, 2.24) is 0 Å². The molecule has 60 heavy (non-hydrogen) atoms. The zero-order chi connectivity index (χ0) is 41.2. The van der Waals surface area contributed by atoms with Gasteiger partial charge in [-0.3, -0.25) is 0 Å². The molecule has 0 radical (unpaired) electrons. The summed E-state index contributed by atoms with van der Waals surface area (Å²) in [6.07, 6.45) is 22.2. The molecule has 4 aliphatic carbocycles. The molecule has 4 aromatic rings. The smallest absolute Gasteiger partial charge is 0.147 e. The number of hydrogen-bond donors (Lipinski definition) is 0. The average molecular weight is 939 g/mol. The zero-order valence-corrected chi connectivity index (χ0v) is 44.4. The molecule has 0 aliphatic heterocycles. The summed E-state index contributed by atoms with van der Waals surface area (Å²) in [5.74, 6) is 1.64. The normalized spacial score (nSPS) is 20.1. The number of benzene rings is 4. The van der Waals surface area contributed by atoms with Gasteiger partial charge in [-0.15, -0.1) is 24.8 Å². The molecule has 0 N–H and O–H groups in total. The molecule has 0 nitrogen and oxygen atoms in total. The number of aryl methyl sites for hydroxylation is 2. The van der Waals surface area contributed by atoms with Crippen LogP contribution in [0.25, 0.3) is 34.4 Å². The molecule has 4 heteroatoms. The summed E-state index contributed by atoms with van der Waals surface area (Å²) in [5.41, 5.74) is 21.9. The Balaban J connectivity index is 0.00000302. The molecule has 0 aromatic heterocycles. The second-order valence-corrected chi connectivity index (χ2v) is 53.3. The van der Waals surface area contributed by atoms with Gasteiger partial charge >= 0.3 is 359 Å². The summed E-state index contributed by atoms with van der Waals surface area (Å²) in [5, 5.41) is 0. The molecule has 2 fully saturated rings. The van der Waals surface area contributed by atoms with E-state index in [0.717, 1.165) is 11.8 Å². The van der Waals surface area contributed by atoms with E-state index in [1.54, 1.807) is 33.4 Å². The van der Waals surface area contributed by atoms with Crippen LogP contribution in [0.1, 0.15) is 170 Å². The summed E-state index contributed by atoms with van der Waals surface area (Å²) in [6.45, 7) is 21.5. The van der Waals surface area contributed by atoms with Crippen LogP contribution in [0.4, 0.5) is 0 Å². The zero-order valence-electron chi connectivity index (χ0n) is 38.9. The van der Waals surface area contributed by atoms with E-state index in [-0.39, 0.29) is 35.6 Å². The third-order valence-electron chi connectivity index (χ3n) is 15.5. The molecule has 0 heterocycles. The molecule has 4 aliphatic rings. The maximum absolute atomic E-state index is 3.95. The predicted octanol–water partition coefficient (Wildman–Crippen LogP) is 16.9. The summed E-state index contributed by atoms with van der Waals surface area (Å²) in [6, 6.07) is 29.2. The van der Waals surface area contributed by atoms with Crippen LogP contribution in [0.15, 0.2) is 83.9 Å². The number of rotatable bonds is 8. The van der Waals surface area contributed by atoms with Crippen LogP contribution in [-0.4, -0.2) is 6.88 Å². The second kappa shape index (κ2) is 17.9. The standard InChI is InChI=1S/2C27H33.2CH3.2ClH.H2Si.Zr/c2*1-19-10-15-24(22-11-13-23(14-12-22)27(2,3)4)26-18-21(17-25(19)26)16-20-8-6-5-7-9-20;;;;;;/h2*10-15,17-18,20H,5-9,16H2,1-4H3;2*1H3;2*1H;1H2;. The van der Waals surface area contributed by atoms with Gasteiger partial charge in [-0.05, 0) is 0 Å². The summed E-state index contributed by atoms with van der Waals surface area (Å²) in [7, 11) is 0. The Kier molecular flexibility index (Phi) is 14.2. The predicted molar refractivity (Wildman–Crippen MR) is 269 cm³/mol. The molecular weight excluding hydrogens is 863 g/mol. The van der Waals surface area contributed by atoms with E-state index in [2.05, 4.69) is 156 Å². The van der Waals surface area contributed by atoms with Crippen molar-refractivity contribution in [2.24, 2.45) is 11.8 Å². The Bertz CT molecular complexity index is 2150. The van der Waals surface area contributed by atoms with Gasteiger partial charge < -0.3 is 0 Å². The van der Waals surface area contributed by atoms with Gasteiger partial charge in [0.15, 0.2) is 0 Å². The van der Waals surface area contributed by atoms with Crippen LogP contribution in [0.2, 0.25) is 9.26 Å². The van der Waals surface area contributed by atoms with Crippen molar-refractivity contribution < 1.29 is 17.4 Å². The van der Waals surface area contributed by atoms with Gasteiger partial charge in [-0.25, -0.2) is 0 Å². The van der Waals surface area contributed by atoms with Gasteiger partial charge in [0.25, 0.3) is 0 Å². The molecule has 0 spiro atoms. The average Bonchev–Trinajstić information content (AvgIpc) is 3.77. The molecular formula is C56H76Cl2SiZr. The minimum atomic E-state index is -3.95. The third-order valence-corrected chi connectivity index (χ3v) is 32.9. The molecule has 4 aromatic carbocycles. The first kappa shape index (κ1) is 47.5. The van der Waals surface area contributed by atoms with Crippen molar-refractivity contribution in [1.29, 1.82) is 0 Å². The summed E-state index contributed by atoms with van der Waals surface area (Å²) in [4.78, 5) is 0. The summed E-state index contributed by atoms with van der Waals surface area (Å²) >= 11 is -3.95. The Morgan fingerprint density at radius 2 is 0.833 bits per heavy atom. The molecule has 2 unspecified atom stereocenters. The molecule has 8 rings (SSSR count). The van der Waals surface area contributed by atoms with Crippen LogP contribution in [-0.2, 0) is 28.2 Å². The summed E-state index contributed by atoms with van der Waals surface area (Å²) < 4.78 is 6.95. The molecule has 0 saturated heterocycles. The fourth-order valence-electron chi connectivity index (χ4n) is 12.4. The van der Waals surface area contributed by atoms with Crippen LogP contribution in [0.5, 0.6) is 0 Å². The molecule has 0 amide bonds. The van der Waals surface area contributed by atoms with Gasteiger partial charge in [-0.2, -0.15) is 0 Å². The van der Waals surface area contributed by atoms with Gasteiger partial charge in [0.1, 0.15) is 0 Å². The number of hydrogen-bond acceptors (Lipinski definition) is 0. The maximum atomic E-state index is 2.93. The fraction of sp³-hybridized carbons (Fsp3) is 0.500. The van der Waals surface area contributed by atoms with E-state index in [1.807, 2.05) is 0 Å². The minimum Gasteiger partial charge on any atom is -0.147 e. The van der Waals surface area contributed by atoms with Crippen LogP contribution < -0.4 is 0 Å². The fourth-order valence-corrected chi connectivity index (χ4v) is 32.3. The Morgan fingerprint density at radius 3 is 1.15 bits per heavy atom. The number of allylic oxidation sites excluding steroid dienone is 2. The van der Waals surface area contributed by atoms with Crippen molar-refractivity contribution in [3.05, 3.63) is 128 Å². The van der Waals surface area contributed by atoms with E-state index in [9.17, 15) is 0 Å². The third kappa shape index (κ3) is 9.17. The van der Waals surface area contributed by atoms with Gasteiger partial charge in [0.05, 0.1) is 0 Å². The molecule has 2 saturated carbocycles. The largest absolute Gasteiger partial charge is 0.147 e. The van der Waals surface area contributed by atoms with Crippen LogP contribution >= 0.6 is 24.8 Å². The van der Waals surface area contributed by atoms with Gasteiger partial charge in [-0.1, -0.05) is 0 Å². The van der Waals surface area contributed by atoms with E-state index < -0.39 is 17.4 Å². The van der Waals surface area contributed by atoms with Crippen molar-refractivity contribution in [2.45, 2.75) is 160 Å². The molecule has 2 atom stereocenters. The van der Waals surface area contributed by atoms with Crippen molar-refractivity contribution in [3.63, 3.8) is 0 Å². The van der Waals surface area contributed by atoms with E-state index in [0.29, 0.717) is 7.25 Å². The quantitative estimate of drug-likeness (QED) is 0.154. The van der Waals surface area contributed by atoms with E-state index in [1.165, 1.54) is 122 Å². The Morgan fingerprint density at radius 1 is 0.500 bits per heavy atom. The molecule has 0 bridgehead atoms. The minimum absolute atomic E-state index is 0. The van der Waals surface area contributed by atoms with Gasteiger partial charge in [0.2, 0.25) is 0 Å². The van der Waals surface area contributed by atoms with E-state index >= 15 is 0 Å². The SMILES string of the molecule is Cc1ccc(-c2ccc(C(C)(C)C)cc2)c2c1[CH]([Zr]([CH3])([CH3])(=[SiH2])[CH]1C(CC3CCCCC3)=Cc3c(-c4ccc(C(C)(C)C)cc4)ccc(C)c31)C(CC1CCCCC1)=C2.Cl.Cl. The first-order chi connectivity index (χ1) is 27.4. The van der Waals surface area contributed by atoms with Crippen molar-refractivity contribution in [3.8, 4) is 22.3 Å². The van der Waals surface area contributed by atoms with E-state index in [4.69, 9.17) is 0 Å². The second-order valence-electron chi connectivity index (χ2n) is 22.8. The monoisotopic (exact) mass is 936 g/mol. The number of halogens is 2. The van der Waals surface area contributed by atoms with Crippen molar-refractivity contribution >= 4 is 43.8 Å². The van der Waals surface area contributed by atoms with Crippen LogP contribution in [0, 0.1) is 25.7 Å². The van der Waals surface area contributed by atoms with Gasteiger partial charge in [0, 0.05) is 0 Å². The Labute approximate surface area is 380 Å².